The Bertz CT molecular complexity index is 664. The first kappa shape index (κ1) is 15.3. The van der Waals surface area contributed by atoms with Gasteiger partial charge < -0.3 is 10.1 Å². The average molecular weight is 312 g/mol. The van der Waals surface area contributed by atoms with E-state index in [2.05, 4.69) is 15.2 Å². The zero-order chi connectivity index (χ0) is 16.1. The van der Waals surface area contributed by atoms with E-state index in [4.69, 9.17) is 4.74 Å². The summed E-state index contributed by atoms with van der Waals surface area (Å²) in [6.45, 7) is 2.50. The fraction of sp³-hybridized carbons (Fsp3) is 0.333. The molecule has 0 unspecified atom stereocenters. The van der Waals surface area contributed by atoms with E-state index < -0.39 is 0 Å². The third-order valence-corrected chi connectivity index (χ3v) is 4.11. The van der Waals surface area contributed by atoms with Crippen molar-refractivity contribution in [3.63, 3.8) is 0 Å². The van der Waals surface area contributed by atoms with E-state index >= 15 is 0 Å². The second-order valence-corrected chi connectivity index (χ2v) is 5.66. The molecule has 1 aromatic heterocycles. The maximum Gasteiger partial charge on any atom is 0.287 e. The fourth-order valence-electron chi connectivity index (χ4n) is 2.83. The standard InChI is InChI=1S/C18H21N3O2/c1-23-15-8-6-14(7-9-15)13-20-18(22)16-5-4-10-19-17(16)21-11-2-3-12-21/h4-10H,2-3,11-13H2,1H3,(H,20,22)/p+1. The molecule has 0 aliphatic carbocycles. The predicted molar refractivity (Wildman–Crippen MR) is 88.6 cm³/mol. The van der Waals surface area contributed by atoms with Crippen molar-refractivity contribution in [2.24, 2.45) is 0 Å². The summed E-state index contributed by atoms with van der Waals surface area (Å²) >= 11 is 0. The number of aromatic nitrogens is 1. The van der Waals surface area contributed by atoms with E-state index in [9.17, 15) is 4.79 Å². The number of anilines is 1. The van der Waals surface area contributed by atoms with Crippen molar-refractivity contribution in [1.82, 2.24) is 5.32 Å². The Labute approximate surface area is 136 Å². The number of carbonyl (C=O) groups excluding carboxylic acids is 1. The van der Waals surface area contributed by atoms with E-state index in [0.717, 1.165) is 30.2 Å². The summed E-state index contributed by atoms with van der Waals surface area (Å²) in [5, 5.41) is 2.99. The lowest BCUT2D eigenvalue weighted by atomic mass is 10.2. The van der Waals surface area contributed by atoms with Gasteiger partial charge in [-0.2, -0.15) is 0 Å². The molecule has 2 N–H and O–H groups in total. The zero-order valence-electron chi connectivity index (χ0n) is 13.3. The number of pyridine rings is 1. The summed E-state index contributed by atoms with van der Waals surface area (Å²) in [6, 6.07) is 11.4. The van der Waals surface area contributed by atoms with Crippen molar-refractivity contribution < 1.29 is 14.5 Å². The number of rotatable bonds is 5. The molecule has 2 aromatic rings. The Kier molecular flexibility index (Phi) is 4.76. The number of ether oxygens (including phenoxy) is 1. The van der Waals surface area contributed by atoms with Gasteiger partial charge in [-0.1, -0.05) is 12.1 Å². The lowest BCUT2D eigenvalue weighted by molar-refractivity contribution is -0.364. The molecule has 1 aliphatic rings. The minimum Gasteiger partial charge on any atom is -0.497 e. The summed E-state index contributed by atoms with van der Waals surface area (Å²) in [5.74, 6) is 1.67. The summed E-state index contributed by atoms with van der Waals surface area (Å²) in [5.41, 5.74) is 1.74. The van der Waals surface area contributed by atoms with Crippen LogP contribution in [0.25, 0.3) is 0 Å². The van der Waals surface area contributed by atoms with E-state index in [1.54, 1.807) is 7.11 Å². The van der Waals surface area contributed by atoms with Gasteiger partial charge in [0.2, 0.25) is 0 Å². The van der Waals surface area contributed by atoms with Crippen molar-refractivity contribution >= 4 is 11.7 Å². The van der Waals surface area contributed by atoms with Crippen molar-refractivity contribution in [2.45, 2.75) is 19.4 Å². The first-order valence-corrected chi connectivity index (χ1v) is 7.95. The number of amides is 1. The number of nitrogens with one attached hydrogen (secondary N) is 2. The van der Waals surface area contributed by atoms with E-state index in [1.807, 2.05) is 42.6 Å². The van der Waals surface area contributed by atoms with Gasteiger partial charge in [-0.15, -0.1) is 0 Å². The SMILES string of the molecule is COc1ccc(CNC(=O)c2ccc[nH+]c2N2CCCC2)cc1. The van der Waals surface area contributed by atoms with Gasteiger partial charge in [0.25, 0.3) is 11.7 Å². The molecular weight excluding hydrogens is 290 g/mol. The monoisotopic (exact) mass is 312 g/mol. The van der Waals surface area contributed by atoms with Crippen LogP contribution in [0.2, 0.25) is 0 Å². The van der Waals surface area contributed by atoms with Gasteiger partial charge in [0, 0.05) is 6.54 Å². The van der Waals surface area contributed by atoms with E-state index in [0.29, 0.717) is 12.1 Å². The number of hydrogen-bond donors (Lipinski definition) is 1. The third kappa shape index (κ3) is 3.62. The van der Waals surface area contributed by atoms with Crippen LogP contribution in [0.5, 0.6) is 5.75 Å². The molecule has 0 saturated carbocycles. The molecule has 5 heteroatoms. The molecule has 120 valence electrons. The minimum absolute atomic E-state index is 0.0560. The highest BCUT2D eigenvalue weighted by Gasteiger charge is 2.26. The zero-order valence-corrected chi connectivity index (χ0v) is 13.3. The van der Waals surface area contributed by atoms with Crippen LogP contribution < -0.4 is 19.9 Å². The lowest BCUT2D eigenvalue weighted by Crippen LogP contribution is -2.32. The van der Waals surface area contributed by atoms with Gasteiger partial charge in [-0.3, -0.25) is 9.69 Å². The minimum atomic E-state index is -0.0560. The smallest absolute Gasteiger partial charge is 0.287 e. The Morgan fingerprint density at radius 2 is 1.96 bits per heavy atom. The summed E-state index contributed by atoms with van der Waals surface area (Å²) < 4.78 is 5.14. The van der Waals surface area contributed by atoms with Gasteiger partial charge in [-0.05, 0) is 42.7 Å². The highest BCUT2D eigenvalue weighted by Crippen LogP contribution is 2.19. The van der Waals surface area contributed by atoms with Crippen LogP contribution in [0.3, 0.4) is 0 Å². The van der Waals surface area contributed by atoms with Gasteiger partial charge in [-0.25, -0.2) is 4.98 Å². The molecule has 1 fully saturated rings. The Balaban J connectivity index is 1.68. The molecule has 3 rings (SSSR count). The molecule has 1 aromatic carbocycles. The number of nitrogens with zero attached hydrogens (tertiary/aromatic N) is 1. The second kappa shape index (κ2) is 7.13. The quantitative estimate of drug-likeness (QED) is 0.919. The molecular formula is C18H22N3O2+. The first-order valence-electron chi connectivity index (χ1n) is 7.95. The molecule has 0 bridgehead atoms. The normalized spacial score (nSPS) is 13.9. The molecule has 1 saturated heterocycles. The van der Waals surface area contributed by atoms with Gasteiger partial charge >= 0.3 is 0 Å². The Hall–Kier alpha value is -2.56. The number of methoxy groups -OCH3 is 1. The van der Waals surface area contributed by atoms with Crippen LogP contribution in [-0.4, -0.2) is 26.1 Å². The highest BCUT2D eigenvalue weighted by atomic mass is 16.5. The van der Waals surface area contributed by atoms with Crippen LogP contribution in [0, 0.1) is 0 Å². The van der Waals surface area contributed by atoms with Gasteiger partial charge in [0.1, 0.15) is 11.3 Å². The molecule has 1 aliphatic heterocycles. The largest absolute Gasteiger partial charge is 0.497 e. The van der Waals surface area contributed by atoms with E-state index in [-0.39, 0.29) is 5.91 Å². The first-order chi connectivity index (χ1) is 11.3. The number of carbonyl (C=O) groups is 1. The Morgan fingerprint density at radius 1 is 1.22 bits per heavy atom. The molecule has 0 atom stereocenters. The van der Waals surface area contributed by atoms with Gasteiger partial charge in [0.15, 0.2) is 0 Å². The summed E-state index contributed by atoms with van der Waals surface area (Å²) in [7, 11) is 1.64. The number of H-pyrrole nitrogens is 1. The second-order valence-electron chi connectivity index (χ2n) is 5.66. The highest BCUT2D eigenvalue weighted by molar-refractivity contribution is 5.98. The van der Waals surface area contributed by atoms with Crippen molar-refractivity contribution in [2.75, 3.05) is 25.1 Å². The number of hydrogen-bond acceptors (Lipinski definition) is 3. The maximum absolute atomic E-state index is 12.5. The molecule has 0 radical (unpaired) electrons. The summed E-state index contributed by atoms with van der Waals surface area (Å²) in [6.07, 6.45) is 4.22. The predicted octanol–water partition coefficient (Wildman–Crippen LogP) is 2.04. The van der Waals surface area contributed by atoms with Crippen LogP contribution in [-0.2, 0) is 6.54 Å². The van der Waals surface area contributed by atoms with Gasteiger partial charge in [0.05, 0.1) is 26.4 Å². The van der Waals surface area contributed by atoms with Crippen LogP contribution in [0.4, 0.5) is 5.82 Å². The van der Waals surface area contributed by atoms with E-state index in [1.165, 1.54) is 12.8 Å². The van der Waals surface area contributed by atoms with Crippen molar-refractivity contribution in [3.8, 4) is 5.75 Å². The third-order valence-electron chi connectivity index (χ3n) is 4.11. The average Bonchev–Trinajstić information content (AvgIpc) is 3.14. The molecule has 23 heavy (non-hydrogen) atoms. The molecule has 1 amide bonds. The number of benzene rings is 1. The molecule has 2 heterocycles. The topological polar surface area (TPSA) is 55.7 Å². The van der Waals surface area contributed by atoms with Crippen LogP contribution in [0.15, 0.2) is 42.6 Å². The molecule has 5 nitrogen and oxygen atoms in total. The molecule has 0 spiro atoms. The van der Waals surface area contributed by atoms with Crippen LogP contribution in [0.1, 0.15) is 28.8 Å². The Morgan fingerprint density at radius 3 is 2.65 bits per heavy atom. The van der Waals surface area contributed by atoms with Crippen molar-refractivity contribution in [3.05, 3.63) is 53.7 Å². The maximum atomic E-state index is 12.5. The number of aromatic amines is 1. The van der Waals surface area contributed by atoms with Crippen LogP contribution >= 0.6 is 0 Å². The lowest BCUT2D eigenvalue weighted by Gasteiger charge is -2.12. The fourth-order valence-corrected chi connectivity index (χ4v) is 2.83. The van der Waals surface area contributed by atoms with Crippen molar-refractivity contribution in [1.29, 1.82) is 0 Å². The summed E-state index contributed by atoms with van der Waals surface area (Å²) in [4.78, 5) is 18.0.